The second-order valence-electron chi connectivity index (χ2n) is 4.47. The molecule has 21 heavy (non-hydrogen) atoms. The van der Waals surface area contributed by atoms with Crippen LogP contribution in [-0.2, 0) is 0 Å². The predicted molar refractivity (Wildman–Crippen MR) is 77.8 cm³/mol. The zero-order chi connectivity index (χ0) is 15.0. The second-order valence-corrected chi connectivity index (χ2v) is 4.91. The highest BCUT2D eigenvalue weighted by molar-refractivity contribution is 6.30. The van der Waals surface area contributed by atoms with Crippen molar-refractivity contribution in [2.45, 2.75) is 13.0 Å². The van der Waals surface area contributed by atoms with Gasteiger partial charge in [-0.3, -0.25) is 14.8 Å². The maximum absolute atomic E-state index is 11.6. The lowest BCUT2D eigenvalue weighted by Gasteiger charge is -2.12. The molecule has 1 aromatic carbocycles. The number of rotatable bonds is 3. The highest BCUT2D eigenvalue weighted by Crippen LogP contribution is 2.23. The van der Waals surface area contributed by atoms with Crippen molar-refractivity contribution >= 4 is 22.8 Å². The lowest BCUT2D eigenvalue weighted by atomic mass is 10.3. The number of H-pyrrole nitrogens is 3. The van der Waals surface area contributed by atoms with E-state index in [9.17, 15) is 9.59 Å². The molecule has 3 rings (SSSR count). The van der Waals surface area contributed by atoms with Crippen LogP contribution in [0.1, 0.15) is 18.9 Å². The van der Waals surface area contributed by atoms with E-state index in [-0.39, 0.29) is 11.2 Å². The molecule has 0 amide bonds. The van der Waals surface area contributed by atoms with E-state index in [1.807, 2.05) is 0 Å². The molecule has 3 N–H and O–H groups in total. The van der Waals surface area contributed by atoms with Crippen LogP contribution in [0.25, 0.3) is 11.2 Å². The summed E-state index contributed by atoms with van der Waals surface area (Å²) in [5.41, 5.74) is -0.733. The first kappa shape index (κ1) is 13.4. The van der Waals surface area contributed by atoms with Gasteiger partial charge in [0.2, 0.25) is 0 Å². The van der Waals surface area contributed by atoms with E-state index in [2.05, 4.69) is 19.9 Å². The summed E-state index contributed by atoms with van der Waals surface area (Å²) in [6.45, 7) is 1.77. The SMILES string of the molecule is CC(Oc1cccc(Cl)c1)c1nc2[nH]c(=O)[nH]c(=O)c2[nH]1. The number of hydrogen-bond donors (Lipinski definition) is 3. The van der Waals surface area contributed by atoms with Crippen LogP contribution in [0, 0.1) is 0 Å². The van der Waals surface area contributed by atoms with Gasteiger partial charge in [0, 0.05) is 5.02 Å². The largest absolute Gasteiger partial charge is 0.483 e. The molecule has 1 atom stereocenters. The van der Waals surface area contributed by atoms with Gasteiger partial charge >= 0.3 is 5.69 Å². The lowest BCUT2D eigenvalue weighted by Crippen LogP contribution is -2.21. The lowest BCUT2D eigenvalue weighted by molar-refractivity contribution is 0.218. The number of hydrogen-bond acceptors (Lipinski definition) is 4. The molecule has 108 valence electrons. The third-order valence-corrected chi connectivity index (χ3v) is 3.14. The van der Waals surface area contributed by atoms with Crippen molar-refractivity contribution in [2.75, 3.05) is 0 Å². The van der Waals surface area contributed by atoms with Crippen LogP contribution in [0.5, 0.6) is 5.75 Å². The molecular weight excluding hydrogens is 296 g/mol. The molecule has 0 radical (unpaired) electrons. The highest BCUT2D eigenvalue weighted by Gasteiger charge is 2.15. The van der Waals surface area contributed by atoms with Crippen LogP contribution >= 0.6 is 11.6 Å². The van der Waals surface area contributed by atoms with E-state index in [0.29, 0.717) is 16.6 Å². The molecule has 0 aliphatic carbocycles. The Morgan fingerprint density at radius 1 is 1.24 bits per heavy atom. The minimum absolute atomic E-state index is 0.195. The van der Waals surface area contributed by atoms with Gasteiger partial charge in [0.1, 0.15) is 17.1 Å². The average Bonchev–Trinajstić information content (AvgIpc) is 2.83. The Morgan fingerprint density at radius 2 is 2.05 bits per heavy atom. The number of imidazole rings is 1. The molecular formula is C13H11ClN4O3. The monoisotopic (exact) mass is 306 g/mol. The first-order valence-corrected chi connectivity index (χ1v) is 6.55. The van der Waals surface area contributed by atoms with E-state index in [0.717, 1.165) is 0 Å². The van der Waals surface area contributed by atoms with Crippen LogP contribution in [0.15, 0.2) is 33.9 Å². The third kappa shape index (κ3) is 2.68. The maximum atomic E-state index is 11.6. The van der Waals surface area contributed by atoms with Gasteiger partial charge in [-0.2, -0.15) is 0 Å². The van der Waals surface area contributed by atoms with Gasteiger partial charge in [0.25, 0.3) is 5.56 Å². The quantitative estimate of drug-likeness (QED) is 0.685. The molecule has 0 saturated heterocycles. The number of fused-ring (bicyclic) bond motifs is 1. The fourth-order valence-electron chi connectivity index (χ4n) is 1.94. The highest BCUT2D eigenvalue weighted by atomic mass is 35.5. The first-order valence-electron chi connectivity index (χ1n) is 6.17. The summed E-state index contributed by atoms with van der Waals surface area (Å²) >= 11 is 5.89. The van der Waals surface area contributed by atoms with E-state index >= 15 is 0 Å². The average molecular weight is 307 g/mol. The summed E-state index contributed by atoms with van der Waals surface area (Å²) in [4.78, 5) is 34.4. The smallest absolute Gasteiger partial charge is 0.327 e. The minimum atomic E-state index is -0.603. The number of benzene rings is 1. The van der Waals surface area contributed by atoms with E-state index in [1.165, 1.54) is 0 Å². The van der Waals surface area contributed by atoms with Crippen molar-refractivity contribution in [1.29, 1.82) is 0 Å². The number of ether oxygens (including phenoxy) is 1. The van der Waals surface area contributed by atoms with Crippen LogP contribution < -0.4 is 16.0 Å². The molecule has 7 nitrogen and oxygen atoms in total. The number of aromatic amines is 3. The molecule has 0 spiro atoms. The molecule has 2 heterocycles. The molecule has 0 bridgehead atoms. The standard InChI is InChI=1S/C13H11ClN4O3/c1-6(21-8-4-2-3-7(14)5-8)10-15-9-11(16-10)17-13(20)18-12(9)19/h2-6H,1H3,(H3,15,16,17,18,19,20). The molecule has 2 aromatic heterocycles. The van der Waals surface area contributed by atoms with Crippen LogP contribution in [0.3, 0.4) is 0 Å². The van der Waals surface area contributed by atoms with Crippen molar-refractivity contribution in [2.24, 2.45) is 0 Å². The first-order chi connectivity index (χ1) is 10.0. The molecule has 0 fully saturated rings. The van der Waals surface area contributed by atoms with Crippen molar-refractivity contribution in [3.05, 3.63) is 56.0 Å². The fraction of sp³-hybridized carbons (Fsp3) is 0.154. The fourth-order valence-corrected chi connectivity index (χ4v) is 2.12. The normalized spacial score (nSPS) is 12.5. The zero-order valence-corrected chi connectivity index (χ0v) is 11.7. The van der Waals surface area contributed by atoms with E-state index in [1.54, 1.807) is 31.2 Å². The van der Waals surface area contributed by atoms with Crippen LogP contribution in [-0.4, -0.2) is 19.9 Å². The summed E-state index contributed by atoms with van der Waals surface area (Å²) in [6.07, 6.45) is -0.446. The Labute approximate surface area is 123 Å². The Morgan fingerprint density at radius 3 is 2.81 bits per heavy atom. The van der Waals surface area contributed by atoms with Crippen LogP contribution in [0.4, 0.5) is 0 Å². The second kappa shape index (κ2) is 5.10. The molecule has 0 aliphatic rings. The number of halogens is 1. The Bertz CT molecular complexity index is 911. The summed E-state index contributed by atoms with van der Waals surface area (Å²) in [5.74, 6) is 1.01. The van der Waals surface area contributed by atoms with E-state index in [4.69, 9.17) is 16.3 Å². The van der Waals surface area contributed by atoms with Gasteiger partial charge in [-0.25, -0.2) is 9.78 Å². The summed E-state index contributed by atoms with van der Waals surface area (Å²) in [5, 5.41) is 0.560. The molecule has 0 saturated carbocycles. The van der Waals surface area contributed by atoms with Gasteiger partial charge in [0.05, 0.1) is 0 Å². The van der Waals surface area contributed by atoms with Gasteiger partial charge in [-0.1, -0.05) is 17.7 Å². The van der Waals surface area contributed by atoms with Gasteiger partial charge in [0.15, 0.2) is 11.8 Å². The molecule has 1 unspecified atom stereocenters. The summed E-state index contributed by atoms with van der Waals surface area (Å²) < 4.78 is 5.70. The molecule has 0 aliphatic heterocycles. The number of nitrogens with zero attached hydrogens (tertiary/aromatic N) is 1. The Kier molecular flexibility index (Phi) is 3.26. The number of aromatic nitrogens is 4. The van der Waals surface area contributed by atoms with Crippen LogP contribution in [0.2, 0.25) is 5.02 Å². The van der Waals surface area contributed by atoms with Gasteiger partial charge in [-0.15, -0.1) is 0 Å². The van der Waals surface area contributed by atoms with Crippen molar-refractivity contribution in [1.82, 2.24) is 19.9 Å². The van der Waals surface area contributed by atoms with Crippen molar-refractivity contribution in [3.8, 4) is 5.75 Å². The summed E-state index contributed by atoms with van der Waals surface area (Å²) in [7, 11) is 0. The summed E-state index contributed by atoms with van der Waals surface area (Å²) in [6, 6.07) is 6.95. The third-order valence-electron chi connectivity index (χ3n) is 2.90. The predicted octanol–water partition coefficient (Wildman–Crippen LogP) is 1.73. The van der Waals surface area contributed by atoms with Crippen molar-refractivity contribution < 1.29 is 4.74 Å². The van der Waals surface area contributed by atoms with Gasteiger partial charge in [-0.05, 0) is 25.1 Å². The van der Waals surface area contributed by atoms with E-state index < -0.39 is 17.4 Å². The topological polar surface area (TPSA) is 104 Å². The van der Waals surface area contributed by atoms with Crippen molar-refractivity contribution in [3.63, 3.8) is 0 Å². The number of nitrogens with one attached hydrogen (secondary N) is 3. The Balaban J connectivity index is 1.95. The molecule has 8 heteroatoms. The maximum Gasteiger partial charge on any atom is 0.327 e. The zero-order valence-electron chi connectivity index (χ0n) is 10.9. The Hall–Kier alpha value is -2.54. The van der Waals surface area contributed by atoms with Gasteiger partial charge < -0.3 is 9.72 Å². The minimum Gasteiger partial charge on any atom is -0.483 e. The molecule has 3 aromatic rings.